The van der Waals surface area contributed by atoms with Crippen LogP contribution in [0.4, 0.5) is 11.6 Å². The second-order valence-electron chi connectivity index (χ2n) is 5.23. The van der Waals surface area contributed by atoms with Crippen LogP contribution in [0.5, 0.6) is 0 Å². The lowest BCUT2D eigenvalue weighted by Crippen LogP contribution is -2.36. The van der Waals surface area contributed by atoms with Crippen molar-refractivity contribution in [2.24, 2.45) is 11.8 Å². The molecule has 1 aromatic rings. The van der Waals surface area contributed by atoms with E-state index in [4.69, 9.17) is 28.9 Å². The largest absolute Gasteiger partial charge is 0.382 e. The summed E-state index contributed by atoms with van der Waals surface area (Å²) >= 11 is 12.1. The van der Waals surface area contributed by atoms with E-state index in [9.17, 15) is 0 Å². The zero-order chi connectivity index (χ0) is 13.3. The predicted molar refractivity (Wildman–Crippen MR) is 78.4 cm³/mol. The summed E-state index contributed by atoms with van der Waals surface area (Å²) in [6.07, 6.45) is 2.36. The van der Waals surface area contributed by atoms with Gasteiger partial charge in [0.15, 0.2) is 0 Å². The van der Waals surface area contributed by atoms with E-state index in [1.165, 1.54) is 12.8 Å². The van der Waals surface area contributed by atoms with E-state index in [2.05, 4.69) is 23.7 Å². The van der Waals surface area contributed by atoms with Crippen LogP contribution >= 0.6 is 23.2 Å². The molecule has 2 N–H and O–H groups in total. The molecule has 0 atom stereocenters. The average molecular weight is 288 g/mol. The number of pyridine rings is 1. The van der Waals surface area contributed by atoms with Gasteiger partial charge in [0.1, 0.15) is 11.6 Å². The summed E-state index contributed by atoms with van der Waals surface area (Å²) in [6, 6.07) is 1.68. The maximum atomic E-state index is 6.19. The highest BCUT2D eigenvalue weighted by Crippen LogP contribution is 2.33. The molecule has 3 nitrogen and oxygen atoms in total. The molecule has 1 fully saturated rings. The van der Waals surface area contributed by atoms with Gasteiger partial charge in [-0.25, -0.2) is 4.98 Å². The third-order valence-corrected chi connectivity index (χ3v) is 4.30. The van der Waals surface area contributed by atoms with Crippen molar-refractivity contribution in [3.63, 3.8) is 0 Å². The first-order valence-corrected chi connectivity index (χ1v) is 7.11. The molecule has 1 aliphatic heterocycles. The molecule has 100 valence electrons. The van der Waals surface area contributed by atoms with Gasteiger partial charge in [-0.2, -0.15) is 0 Å². The molecular formula is C13H19Cl2N3. The van der Waals surface area contributed by atoms with Gasteiger partial charge in [-0.3, -0.25) is 0 Å². The van der Waals surface area contributed by atoms with Crippen LogP contribution in [0.1, 0.15) is 26.7 Å². The Kier molecular flexibility index (Phi) is 4.23. The van der Waals surface area contributed by atoms with E-state index in [0.717, 1.165) is 30.7 Å². The van der Waals surface area contributed by atoms with Gasteiger partial charge in [-0.05, 0) is 30.7 Å². The number of nitrogen functional groups attached to an aromatic ring is 1. The van der Waals surface area contributed by atoms with Crippen LogP contribution in [0.15, 0.2) is 6.07 Å². The van der Waals surface area contributed by atoms with Crippen molar-refractivity contribution in [3.8, 4) is 0 Å². The Morgan fingerprint density at radius 2 is 1.89 bits per heavy atom. The van der Waals surface area contributed by atoms with Crippen molar-refractivity contribution in [3.05, 3.63) is 16.1 Å². The molecule has 0 spiro atoms. The smallest absolute Gasteiger partial charge is 0.149 e. The van der Waals surface area contributed by atoms with Gasteiger partial charge in [0.05, 0.1) is 10.0 Å². The number of aromatic nitrogens is 1. The number of anilines is 2. The number of hydrogen-bond donors (Lipinski definition) is 1. The van der Waals surface area contributed by atoms with Crippen LogP contribution < -0.4 is 10.6 Å². The van der Waals surface area contributed by atoms with Crippen molar-refractivity contribution in [1.29, 1.82) is 0 Å². The minimum Gasteiger partial charge on any atom is -0.382 e. The SMILES string of the molecule is CC(C)C1CCN(c2nc(N)c(Cl)cc2Cl)CC1. The van der Waals surface area contributed by atoms with Gasteiger partial charge in [0.25, 0.3) is 0 Å². The van der Waals surface area contributed by atoms with Crippen LogP contribution in [0, 0.1) is 11.8 Å². The van der Waals surface area contributed by atoms with E-state index in [1.54, 1.807) is 6.07 Å². The first kappa shape index (κ1) is 13.8. The highest BCUT2D eigenvalue weighted by molar-refractivity contribution is 6.37. The lowest BCUT2D eigenvalue weighted by atomic mass is 9.87. The third-order valence-electron chi connectivity index (χ3n) is 3.72. The predicted octanol–water partition coefficient (Wildman–Crippen LogP) is 3.84. The summed E-state index contributed by atoms with van der Waals surface area (Å²) < 4.78 is 0. The third kappa shape index (κ3) is 2.83. The van der Waals surface area contributed by atoms with Crippen molar-refractivity contribution < 1.29 is 0 Å². The van der Waals surface area contributed by atoms with Gasteiger partial charge in [0.2, 0.25) is 0 Å². The van der Waals surface area contributed by atoms with Crippen molar-refractivity contribution in [2.75, 3.05) is 23.7 Å². The molecule has 0 radical (unpaired) electrons. The van der Waals surface area contributed by atoms with Crippen molar-refractivity contribution in [2.45, 2.75) is 26.7 Å². The number of piperidine rings is 1. The molecule has 1 aromatic heterocycles. The molecule has 18 heavy (non-hydrogen) atoms. The molecule has 2 rings (SSSR count). The maximum Gasteiger partial charge on any atom is 0.149 e. The molecule has 0 amide bonds. The molecular weight excluding hydrogens is 269 g/mol. The number of rotatable bonds is 2. The molecule has 0 aliphatic carbocycles. The molecule has 0 unspecified atom stereocenters. The van der Waals surface area contributed by atoms with Crippen LogP contribution in [0.2, 0.25) is 10.0 Å². The monoisotopic (exact) mass is 287 g/mol. The average Bonchev–Trinajstić information content (AvgIpc) is 2.34. The topological polar surface area (TPSA) is 42.2 Å². The normalized spacial score (nSPS) is 17.5. The number of hydrogen-bond acceptors (Lipinski definition) is 3. The summed E-state index contributed by atoms with van der Waals surface area (Å²) in [6.45, 7) is 6.53. The Morgan fingerprint density at radius 3 is 2.44 bits per heavy atom. The summed E-state index contributed by atoms with van der Waals surface area (Å²) in [5.74, 6) is 2.65. The Bertz CT molecular complexity index is 426. The van der Waals surface area contributed by atoms with Crippen LogP contribution in [-0.2, 0) is 0 Å². The molecule has 0 aromatic carbocycles. The number of halogens is 2. The Labute approximate surface area is 118 Å². The van der Waals surface area contributed by atoms with Gasteiger partial charge >= 0.3 is 0 Å². The van der Waals surface area contributed by atoms with Crippen LogP contribution in [0.25, 0.3) is 0 Å². The lowest BCUT2D eigenvalue weighted by molar-refractivity contribution is 0.311. The summed E-state index contributed by atoms with van der Waals surface area (Å²) in [5, 5.41) is 0.998. The summed E-state index contributed by atoms with van der Waals surface area (Å²) in [7, 11) is 0. The highest BCUT2D eigenvalue weighted by atomic mass is 35.5. The molecule has 1 aliphatic rings. The fraction of sp³-hybridized carbons (Fsp3) is 0.615. The summed E-state index contributed by atoms with van der Waals surface area (Å²) in [5.41, 5.74) is 5.74. The quantitative estimate of drug-likeness (QED) is 0.899. The first-order chi connectivity index (χ1) is 8.49. The Hall–Kier alpha value is -0.670. The van der Waals surface area contributed by atoms with E-state index in [0.29, 0.717) is 15.9 Å². The van der Waals surface area contributed by atoms with Crippen LogP contribution in [-0.4, -0.2) is 18.1 Å². The summed E-state index contributed by atoms with van der Waals surface area (Å²) in [4.78, 5) is 6.51. The van der Waals surface area contributed by atoms with Crippen molar-refractivity contribution >= 4 is 34.8 Å². The fourth-order valence-electron chi connectivity index (χ4n) is 2.47. The standard InChI is InChI=1S/C13H19Cl2N3/c1-8(2)9-3-5-18(6-4-9)13-11(15)7-10(14)12(16)17-13/h7-9H,3-6H2,1-2H3,(H2,16,17). The second-order valence-corrected chi connectivity index (χ2v) is 6.04. The Morgan fingerprint density at radius 1 is 1.28 bits per heavy atom. The maximum absolute atomic E-state index is 6.19. The first-order valence-electron chi connectivity index (χ1n) is 6.35. The van der Waals surface area contributed by atoms with Gasteiger partial charge in [-0.15, -0.1) is 0 Å². The molecule has 0 saturated carbocycles. The van der Waals surface area contributed by atoms with E-state index < -0.39 is 0 Å². The second kappa shape index (κ2) is 5.54. The highest BCUT2D eigenvalue weighted by Gasteiger charge is 2.24. The minimum absolute atomic E-state index is 0.349. The fourth-order valence-corrected chi connectivity index (χ4v) is 2.95. The zero-order valence-corrected chi connectivity index (χ0v) is 12.3. The van der Waals surface area contributed by atoms with E-state index >= 15 is 0 Å². The lowest BCUT2D eigenvalue weighted by Gasteiger charge is -2.35. The minimum atomic E-state index is 0.349. The Balaban J connectivity index is 2.12. The number of nitrogens with two attached hydrogens (primary N) is 1. The molecule has 1 saturated heterocycles. The molecule has 5 heteroatoms. The van der Waals surface area contributed by atoms with Crippen molar-refractivity contribution in [1.82, 2.24) is 4.98 Å². The molecule has 2 heterocycles. The van der Waals surface area contributed by atoms with Crippen LogP contribution in [0.3, 0.4) is 0 Å². The van der Waals surface area contributed by atoms with Gasteiger partial charge in [-0.1, -0.05) is 37.0 Å². The van der Waals surface area contributed by atoms with E-state index in [1.807, 2.05) is 0 Å². The zero-order valence-electron chi connectivity index (χ0n) is 10.8. The van der Waals surface area contributed by atoms with Gasteiger partial charge in [0, 0.05) is 13.1 Å². The van der Waals surface area contributed by atoms with E-state index in [-0.39, 0.29) is 0 Å². The van der Waals surface area contributed by atoms with Gasteiger partial charge < -0.3 is 10.6 Å². The number of nitrogens with zero attached hydrogens (tertiary/aromatic N) is 2. The molecule has 0 bridgehead atoms.